The number of nitro benzene ring substituents is 1. The highest BCUT2D eigenvalue weighted by atomic mass is 32.2. The molecular weight excluding hydrogens is 428 g/mol. The maximum Gasteiger partial charge on any atom is 0.303 e. The number of nitro groups is 1. The van der Waals surface area contributed by atoms with E-state index in [-0.39, 0.29) is 29.8 Å². The molecule has 10 nitrogen and oxygen atoms in total. The lowest BCUT2D eigenvalue weighted by Crippen LogP contribution is -2.43. The third-order valence-electron chi connectivity index (χ3n) is 5.69. The lowest BCUT2D eigenvalue weighted by molar-refractivity contribution is -0.384. The van der Waals surface area contributed by atoms with Crippen molar-refractivity contribution in [3.63, 3.8) is 0 Å². The molecule has 3 N–H and O–H groups in total. The first-order valence-electron chi connectivity index (χ1n) is 9.62. The number of aliphatic hydroxyl groups is 1. The van der Waals surface area contributed by atoms with Gasteiger partial charge in [-0.15, -0.1) is 0 Å². The average Bonchev–Trinajstić information content (AvgIpc) is 3.22. The molecule has 0 saturated heterocycles. The van der Waals surface area contributed by atoms with Crippen molar-refractivity contribution in [1.82, 2.24) is 4.72 Å². The van der Waals surface area contributed by atoms with Crippen LogP contribution in [0, 0.1) is 10.1 Å². The summed E-state index contributed by atoms with van der Waals surface area (Å²) in [6.45, 7) is 0. The molecule has 2 aliphatic rings. The molecule has 1 aliphatic heterocycles. The summed E-state index contributed by atoms with van der Waals surface area (Å²) in [5, 5.41) is 30.3. The Balaban J connectivity index is 1.60. The van der Waals surface area contributed by atoms with Crippen molar-refractivity contribution < 1.29 is 33.1 Å². The minimum absolute atomic E-state index is 0.0615. The van der Waals surface area contributed by atoms with Gasteiger partial charge in [0.1, 0.15) is 11.9 Å². The highest BCUT2D eigenvalue weighted by Gasteiger charge is 2.51. The smallest absolute Gasteiger partial charge is 0.303 e. The van der Waals surface area contributed by atoms with Crippen molar-refractivity contribution in [3.8, 4) is 5.75 Å². The zero-order chi connectivity index (χ0) is 22.3. The first-order valence-corrected chi connectivity index (χ1v) is 11.1. The van der Waals surface area contributed by atoms with Crippen molar-refractivity contribution in [2.24, 2.45) is 0 Å². The van der Waals surface area contributed by atoms with Crippen LogP contribution in [0.3, 0.4) is 0 Å². The van der Waals surface area contributed by atoms with E-state index >= 15 is 0 Å². The minimum Gasteiger partial charge on any atom is -0.489 e. The summed E-state index contributed by atoms with van der Waals surface area (Å²) >= 11 is 0. The molecule has 164 valence electrons. The summed E-state index contributed by atoms with van der Waals surface area (Å²) < 4.78 is 34.2. The fraction of sp³-hybridized carbons (Fsp3) is 0.350. The van der Waals surface area contributed by atoms with Crippen LogP contribution in [-0.2, 0) is 21.2 Å². The number of carboxylic acid groups (broad SMARTS) is 1. The van der Waals surface area contributed by atoms with Crippen LogP contribution in [0.15, 0.2) is 47.4 Å². The molecule has 2 aromatic carbocycles. The fourth-order valence-corrected chi connectivity index (χ4v) is 5.56. The van der Waals surface area contributed by atoms with Crippen LogP contribution in [0.2, 0.25) is 0 Å². The number of non-ortho nitro benzene ring substituents is 1. The second-order valence-corrected chi connectivity index (χ2v) is 9.33. The second kappa shape index (κ2) is 7.91. The minimum atomic E-state index is -4.06. The number of nitrogens with one attached hydrogen (secondary N) is 1. The number of fused-ring (bicyclic) bond motifs is 3. The summed E-state index contributed by atoms with van der Waals surface area (Å²) in [5.74, 6) is -0.826. The number of ether oxygens (including phenoxy) is 1. The topological polar surface area (TPSA) is 156 Å². The molecule has 0 radical (unpaired) electrons. The van der Waals surface area contributed by atoms with E-state index in [9.17, 15) is 28.4 Å². The van der Waals surface area contributed by atoms with Gasteiger partial charge in [-0.25, -0.2) is 13.1 Å². The summed E-state index contributed by atoms with van der Waals surface area (Å²) in [6, 6.07) is 8.95. The monoisotopic (exact) mass is 448 g/mol. The predicted octanol–water partition coefficient (Wildman–Crippen LogP) is 1.57. The van der Waals surface area contributed by atoms with Crippen LogP contribution in [0.1, 0.15) is 29.9 Å². The van der Waals surface area contributed by atoms with E-state index in [4.69, 9.17) is 9.84 Å². The molecule has 1 aliphatic carbocycles. The number of carbonyl (C=O) groups is 1. The number of para-hydroxylation sites is 1. The summed E-state index contributed by atoms with van der Waals surface area (Å²) in [4.78, 5) is 21.0. The van der Waals surface area contributed by atoms with E-state index in [2.05, 4.69) is 4.72 Å². The molecule has 31 heavy (non-hydrogen) atoms. The molecule has 4 unspecified atom stereocenters. The van der Waals surface area contributed by atoms with Gasteiger partial charge < -0.3 is 14.9 Å². The molecule has 0 spiro atoms. The number of carboxylic acids is 1. The van der Waals surface area contributed by atoms with E-state index < -0.39 is 45.1 Å². The first-order chi connectivity index (χ1) is 14.7. The molecule has 1 fully saturated rings. The Morgan fingerprint density at radius 3 is 2.58 bits per heavy atom. The van der Waals surface area contributed by atoms with E-state index in [1.165, 1.54) is 0 Å². The highest BCUT2D eigenvalue weighted by molar-refractivity contribution is 7.89. The normalized spacial score (nSPS) is 24.3. The maximum atomic E-state index is 12.9. The van der Waals surface area contributed by atoms with Crippen molar-refractivity contribution in [2.75, 3.05) is 0 Å². The summed E-state index contributed by atoms with van der Waals surface area (Å²) in [7, 11) is -4.06. The number of hydrogen-bond donors (Lipinski definition) is 3. The molecule has 4 rings (SSSR count). The number of hydrogen-bond acceptors (Lipinski definition) is 7. The number of benzene rings is 2. The third kappa shape index (κ3) is 3.99. The van der Waals surface area contributed by atoms with Crippen molar-refractivity contribution in [1.29, 1.82) is 0 Å². The van der Waals surface area contributed by atoms with Crippen LogP contribution in [0.25, 0.3) is 0 Å². The van der Waals surface area contributed by atoms with Crippen LogP contribution in [-0.4, -0.2) is 47.8 Å². The first kappa shape index (κ1) is 21.2. The molecule has 2 aromatic rings. The lowest BCUT2D eigenvalue weighted by Gasteiger charge is -2.22. The van der Waals surface area contributed by atoms with Gasteiger partial charge in [-0.2, -0.15) is 0 Å². The summed E-state index contributed by atoms with van der Waals surface area (Å²) in [6.07, 6.45) is -1.00. The fourth-order valence-electron chi connectivity index (χ4n) is 4.26. The SMILES string of the molecule is O=C(O)CCc1cccc2c1OC1CC(O)C(NS(=O)(=O)c3ccc([N+](=O)[O-])cc3)C21. The molecule has 4 atom stereocenters. The molecule has 1 saturated carbocycles. The van der Waals surface area contributed by atoms with Crippen molar-refractivity contribution >= 4 is 21.7 Å². The Labute approximate surface area is 177 Å². The van der Waals surface area contributed by atoms with Gasteiger partial charge in [0.25, 0.3) is 5.69 Å². The van der Waals surface area contributed by atoms with Crippen molar-refractivity contribution in [2.45, 2.75) is 48.3 Å². The molecule has 0 amide bonds. The molecule has 11 heteroatoms. The van der Waals surface area contributed by atoms with Crippen LogP contribution < -0.4 is 9.46 Å². The zero-order valence-corrected chi connectivity index (χ0v) is 17.0. The third-order valence-corrected chi connectivity index (χ3v) is 7.16. The Kier molecular flexibility index (Phi) is 5.42. The molecular formula is C20H20N2O8S. The quantitative estimate of drug-likeness (QED) is 0.426. The van der Waals surface area contributed by atoms with Crippen LogP contribution >= 0.6 is 0 Å². The Hall–Kier alpha value is -3.02. The van der Waals surface area contributed by atoms with Gasteiger partial charge in [0.05, 0.1) is 22.0 Å². The summed E-state index contributed by atoms with van der Waals surface area (Å²) in [5.41, 5.74) is 1.22. The van der Waals surface area contributed by atoms with E-state index in [1.807, 2.05) is 0 Å². The lowest BCUT2D eigenvalue weighted by atomic mass is 9.92. The molecule has 1 heterocycles. The van der Waals surface area contributed by atoms with Gasteiger partial charge >= 0.3 is 5.97 Å². The highest BCUT2D eigenvalue weighted by Crippen LogP contribution is 2.49. The van der Waals surface area contributed by atoms with Crippen LogP contribution in [0.5, 0.6) is 5.75 Å². The number of aryl methyl sites for hydroxylation is 1. The van der Waals surface area contributed by atoms with Gasteiger partial charge in [-0.05, 0) is 24.1 Å². The van der Waals surface area contributed by atoms with Crippen molar-refractivity contribution in [3.05, 3.63) is 63.7 Å². The van der Waals surface area contributed by atoms with Gasteiger partial charge in [-0.1, -0.05) is 18.2 Å². The Bertz CT molecular complexity index is 1130. The van der Waals surface area contributed by atoms with E-state index in [0.29, 0.717) is 5.75 Å². The number of sulfonamides is 1. The largest absolute Gasteiger partial charge is 0.489 e. The van der Waals surface area contributed by atoms with Gasteiger partial charge in [0, 0.05) is 36.5 Å². The zero-order valence-electron chi connectivity index (χ0n) is 16.2. The standard InChI is InChI=1S/C20H20N2O8S/c23-15-10-16-18(14-3-1-2-11(20(14)30-16)4-9-17(24)25)19(15)21-31(28,29)13-7-5-12(6-8-13)22(26)27/h1-3,5-8,15-16,18-19,21,23H,4,9-10H2,(H,24,25). The maximum absolute atomic E-state index is 12.9. The second-order valence-electron chi connectivity index (χ2n) is 7.61. The van der Waals surface area contributed by atoms with Crippen LogP contribution in [0.4, 0.5) is 5.69 Å². The number of nitrogens with zero attached hydrogens (tertiary/aromatic N) is 1. The molecule has 0 aromatic heterocycles. The number of rotatable bonds is 7. The average molecular weight is 448 g/mol. The number of aliphatic carboxylic acids is 1. The van der Waals surface area contributed by atoms with E-state index in [0.717, 1.165) is 35.4 Å². The van der Waals surface area contributed by atoms with Gasteiger partial charge in [-0.3, -0.25) is 14.9 Å². The number of aliphatic hydroxyl groups excluding tert-OH is 1. The Morgan fingerprint density at radius 1 is 1.23 bits per heavy atom. The molecule has 0 bridgehead atoms. The van der Waals surface area contributed by atoms with Gasteiger partial charge in [0.2, 0.25) is 10.0 Å². The van der Waals surface area contributed by atoms with Gasteiger partial charge in [0.15, 0.2) is 0 Å². The predicted molar refractivity (Wildman–Crippen MR) is 107 cm³/mol. The van der Waals surface area contributed by atoms with E-state index in [1.54, 1.807) is 18.2 Å². The Morgan fingerprint density at radius 2 is 1.94 bits per heavy atom.